The maximum absolute atomic E-state index is 10.0. The van der Waals surface area contributed by atoms with Crippen LogP contribution in [-0.4, -0.2) is 17.3 Å². The Hall–Kier alpha value is -0.0800. The Kier molecular flexibility index (Phi) is 15.3. The van der Waals surface area contributed by atoms with Crippen LogP contribution in [0.4, 0.5) is 0 Å². The summed E-state index contributed by atoms with van der Waals surface area (Å²) in [6.07, 6.45) is 17.1. The molecule has 0 aliphatic heterocycles. The summed E-state index contributed by atoms with van der Waals surface area (Å²) in [5.41, 5.74) is 6.07. The Bertz CT molecular complexity index is 164. The molecule has 122 valence electrons. The van der Waals surface area contributed by atoms with E-state index in [1.54, 1.807) is 0 Å². The van der Waals surface area contributed by atoms with Crippen LogP contribution >= 0.6 is 0 Å². The van der Waals surface area contributed by atoms with Crippen molar-refractivity contribution in [1.29, 1.82) is 0 Å². The number of unbranched alkanes of at least 4 members (excludes halogenated alkanes) is 10. The van der Waals surface area contributed by atoms with Gasteiger partial charge < -0.3 is 10.8 Å². The van der Waals surface area contributed by atoms with Gasteiger partial charge in [-0.3, -0.25) is 0 Å². The molecule has 0 spiro atoms. The van der Waals surface area contributed by atoms with E-state index in [-0.39, 0.29) is 12.1 Å². The highest BCUT2D eigenvalue weighted by Gasteiger charge is 2.13. The summed E-state index contributed by atoms with van der Waals surface area (Å²) in [6.45, 7) is 4.49. The van der Waals surface area contributed by atoms with E-state index in [9.17, 15) is 5.11 Å². The van der Waals surface area contributed by atoms with Gasteiger partial charge in [0.1, 0.15) is 0 Å². The van der Waals surface area contributed by atoms with Crippen LogP contribution in [0.5, 0.6) is 0 Å². The van der Waals surface area contributed by atoms with Gasteiger partial charge >= 0.3 is 0 Å². The molecule has 0 saturated carbocycles. The Morgan fingerprint density at radius 3 is 1.55 bits per heavy atom. The lowest BCUT2D eigenvalue weighted by molar-refractivity contribution is 0.126. The Morgan fingerprint density at radius 1 is 0.650 bits per heavy atom. The molecule has 0 fully saturated rings. The van der Waals surface area contributed by atoms with Crippen molar-refractivity contribution in [2.45, 2.75) is 116 Å². The zero-order chi connectivity index (χ0) is 15.1. The zero-order valence-corrected chi connectivity index (χ0v) is 14.1. The van der Waals surface area contributed by atoms with E-state index in [0.29, 0.717) is 0 Å². The normalized spacial score (nSPS) is 14.4. The molecule has 0 aromatic carbocycles. The molecule has 0 aromatic heterocycles. The molecule has 3 N–H and O–H groups in total. The average Bonchev–Trinajstić information content (AvgIpc) is 2.45. The fourth-order valence-electron chi connectivity index (χ4n) is 2.70. The summed E-state index contributed by atoms with van der Waals surface area (Å²) >= 11 is 0. The predicted molar refractivity (Wildman–Crippen MR) is 90.0 cm³/mol. The zero-order valence-electron chi connectivity index (χ0n) is 14.1. The smallest absolute Gasteiger partial charge is 0.0691 e. The molecule has 0 aliphatic rings. The minimum Gasteiger partial charge on any atom is -0.392 e. The van der Waals surface area contributed by atoms with Crippen molar-refractivity contribution < 1.29 is 5.11 Å². The first-order valence-electron chi connectivity index (χ1n) is 9.16. The minimum atomic E-state index is -0.281. The summed E-state index contributed by atoms with van der Waals surface area (Å²) in [4.78, 5) is 0. The quantitative estimate of drug-likeness (QED) is 0.407. The van der Waals surface area contributed by atoms with E-state index in [1.165, 1.54) is 70.6 Å². The van der Waals surface area contributed by atoms with Gasteiger partial charge in [-0.05, 0) is 12.8 Å². The van der Waals surface area contributed by atoms with E-state index in [4.69, 9.17) is 5.73 Å². The monoisotopic (exact) mass is 285 g/mol. The molecule has 2 unspecified atom stereocenters. The molecule has 20 heavy (non-hydrogen) atoms. The number of rotatable bonds is 15. The Balaban J connectivity index is 3.35. The fraction of sp³-hybridized carbons (Fsp3) is 1.00. The maximum atomic E-state index is 10.0. The van der Waals surface area contributed by atoms with Crippen LogP contribution in [-0.2, 0) is 0 Å². The molecule has 0 heterocycles. The van der Waals surface area contributed by atoms with Gasteiger partial charge in [0, 0.05) is 6.04 Å². The second kappa shape index (κ2) is 15.3. The highest BCUT2D eigenvalue weighted by Crippen LogP contribution is 2.13. The van der Waals surface area contributed by atoms with Crippen LogP contribution in [0.3, 0.4) is 0 Å². The Labute approximate surface area is 127 Å². The third kappa shape index (κ3) is 12.9. The van der Waals surface area contributed by atoms with Crippen LogP contribution in [0.1, 0.15) is 104 Å². The third-order valence-corrected chi connectivity index (χ3v) is 4.24. The van der Waals surface area contributed by atoms with Gasteiger partial charge in [0.05, 0.1) is 6.10 Å². The van der Waals surface area contributed by atoms with Crippen molar-refractivity contribution in [2.24, 2.45) is 5.73 Å². The number of nitrogens with two attached hydrogens (primary N) is 1. The van der Waals surface area contributed by atoms with Crippen molar-refractivity contribution in [1.82, 2.24) is 0 Å². The van der Waals surface area contributed by atoms with E-state index < -0.39 is 0 Å². The lowest BCUT2D eigenvalue weighted by Crippen LogP contribution is -2.34. The van der Waals surface area contributed by atoms with Gasteiger partial charge in [-0.25, -0.2) is 0 Å². The predicted octanol–water partition coefficient (Wildman–Crippen LogP) is 5.18. The lowest BCUT2D eigenvalue weighted by atomic mass is 9.98. The molecule has 2 heteroatoms. The first kappa shape index (κ1) is 19.9. The van der Waals surface area contributed by atoms with E-state index in [2.05, 4.69) is 13.8 Å². The molecular formula is C18H39NO. The highest BCUT2D eigenvalue weighted by molar-refractivity contribution is 4.71. The molecule has 0 rings (SSSR count). The summed E-state index contributed by atoms with van der Waals surface area (Å²) in [5.74, 6) is 0. The number of hydrogen-bond donors (Lipinski definition) is 2. The standard InChI is InChI=1S/C18H39NO/c1-3-5-7-9-11-13-15-17(19)18(20)16-14-12-10-8-6-4-2/h17-18,20H,3-16,19H2,1-2H3. The van der Waals surface area contributed by atoms with Crippen LogP contribution in [0.2, 0.25) is 0 Å². The molecular weight excluding hydrogens is 246 g/mol. The Morgan fingerprint density at radius 2 is 1.05 bits per heavy atom. The molecule has 0 aliphatic carbocycles. The van der Waals surface area contributed by atoms with Crippen LogP contribution in [0, 0.1) is 0 Å². The molecule has 0 aromatic rings. The van der Waals surface area contributed by atoms with Crippen LogP contribution in [0.15, 0.2) is 0 Å². The first-order valence-corrected chi connectivity index (χ1v) is 9.16. The number of hydrogen-bond acceptors (Lipinski definition) is 2. The molecule has 0 radical (unpaired) electrons. The van der Waals surface area contributed by atoms with Gasteiger partial charge in [0.2, 0.25) is 0 Å². The summed E-state index contributed by atoms with van der Waals surface area (Å²) in [5, 5.41) is 10.0. The summed E-state index contributed by atoms with van der Waals surface area (Å²) in [7, 11) is 0. The fourth-order valence-corrected chi connectivity index (χ4v) is 2.70. The van der Waals surface area contributed by atoms with Gasteiger partial charge in [-0.1, -0.05) is 90.9 Å². The lowest BCUT2D eigenvalue weighted by Gasteiger charge is -2.18. The number of aliphatic hydroxyl groups is 1. The minimum absolute atomic E-state index is 0.00295. The third-order valence-electron chi connectivity index (χ3n) is 4.24. The average molecular weight is 286 g/mol. The van der Waals surface area contributed by atoms with Crippen molar-refractivity contribution in [3.8, 4) is 0 Å². The molecule has 0 amide bonds. The van der Waals surface area contributed by atoms with Crippen molar-refractivity contribution in [3.05, 3.63) is 0 Å². The van der Waals surface area contributed by atoms with Gasteiger partial charge in [-0.2, -0.15) is 0 Å². The maximum Gasteiger partial charge on any atom is 0.0691 e. The SMILES string of the molecule is CCCCCCCCC(N)C(O)CCCCCCCC. The van der Waals surface area contributed by atoms with Crippen molar-refractivity contribution in [3.63, 3.8) is 0 Å². The van der Waals surface area contributed by atoms with E-state index in [1.807, 2.05) is 0 Å². The molecule has 2 nitrogen and oxygen atoms in total. The molecule has 0 saturated heterocycles. The van der Waals surface area contributed by atoms with E-state index in [0.717, 1.165) is 19.3 Å². The van der Waals surface area contributed by atoms with Gasteiger partial charge in [-0.15, -0.1) is 0 Å². The second-order valence-electron chi connectivity index (χ2n) is 6.34. The van der Waals surface area contributed by atoms with Gasteiger partial charge in [0.15, 0.2) is 0 Å². The van der Waals surface area contributed by atoms with E-state index >= 15 is 0 Å². The largest absolute Gasteiger partial charge is 0.392 e. The first-order chi connectivity index (χ1) is 9.72. The highest BCUT2D eigenvalue weighted by atomic mass is 16.3. The van der Waals surface area contributed by atoms with Crippen molar-refractivity contribution >= 4 is 0 Å². The van der Waals surface area contributed by atoms with Crippen LogP contribution < -0.4 is 5.73 Å². The van der Waals surface area contributed by atoms with Crippen molar-refractivity contribution in [2.75, 3.05) is 0 Å². The number of aliphatic hydroxyl groups excluding tert-OH is 1. The summed E-state index contributed by atoms with van der Waals surface area (Å²) in [6, 6.07) is -0.00295. The van der Waals surface area contributed by atoms with Crippen LogP contribution in [0.25, 0.3) is 0 Å². The molecule has 2 atom stereocenters. The topological polar surface area (TPSA) is 46.2 Å². The second-order valence-corrected chi connectivity index (χ2v) is 6.34. The van der Waals surface area contributed by atoms with Gasteiger partial charge in [0.25, 0.3) is 0 Å². The summed E-state index contributed by atoms with van der Waals surface area (Å²) < 4.78 is 0. The molecule has 0 bridgehead atoms.